The molecule has 1 aliphatic carbocycles. The summed E-state index contributed by atoms with van der Waals surface area (Å²) in [4.78, 5) is 2.16. The van der Waals surface area contributed by atoms with Crippen molar-refractivity contribution < 1.29 is 0 Å². The van der Waals surface area contributed by atoms with Crippen LogP contribution in [0, 0.1) is 0 Å². The van der Waals surface area contributed by atoms with Crippen LogP contribution in [0.1, 0.15) is 86.8 Å². The van der Waals surface area contributed by atoms with Crippen molar-refractivity contribution in [1.82, 2.24) is 0 Å². The third kappa shape index (κ3) is 5.99. The van der Waals surface area contributed by atoms with Crippen molar-refractivity contribution in [2.75, 3.05) is 0 Å². The highest BCUT2D eigenvalue weighted by molar-refractivity contribution is 7.81. The van der Waals surface area contributed by atoms with Crippen LogP contribution in [0.2, 0.25) is 0 Å². The number of rotatable bonds is 10. The Bertz CT molecular complexity index is 2450. The number of benzene rings is 7. The molecule has 8 rings (SSSR count). The van der Waals surface area contributed by atoms with E-state index in [2.05, 4.69) is 125 Å². The molecule has 256 valence electrons. The van der Waals surface area contributed by atoms with E-state index in [1.54, 1.807) is 0 Å². The Hall–Kier alpha value is -3.98. The lowest BCUT2D eigenvalue weighted by Gasteiger charge is -2.23. The Morgan fingerprint density at radius 1 is 0.529 bits per heavy atom. The van der Waals surface area contributed by atoms with Crippen LogP contribution in [-0.4, -0.2) is 0 Å². The molecule has 0 bridgehead atoms. The molecule has 0 aliphatic heterocycles. The summed E-state index contributed by atoms with van der Waals surface area (Å²) in [5.74, 6) is 0. The van der Waals surface area contributed by atoms with Crippen LogP contribution in [0.5, 0.6) is 0 Å². The Labute approximate surface area is 314 Å². The van der Waals surface area contributed by atoms with Crippen molar-refractivity contribution in [2.24, 2.45) is 0 Å². The predicted octanol–water partition coefficient (Wildman–Crippen LogP) is 14.6. The summed E-state index contributed by atoms with van der Waals surface area (Å²) in [7, 11) is 0. The molecule has 0 atom stereocenters. The molecule has 0 unspecified atom stereocenters. The molecule has 0 aromatic heterocycles. The number of thiol groups is 2. The van der Waals surface area contributed by atoms with Gasteiger partial charge in [-0.2, -0.15) is 0 Å². The lowest BCUT2D eigenvalue weighted by atomic mass is 9.81. The monoisotopic (exact) mass is 700 g/mol. The van der Waals surface area contributed by atoms with Crippen LogP contribution in [0.15, 0.2) is 101 Å². The van der Waals surface area contributed by atoms with Gasteiger partial charge in [0.1, 0.15) is 0 Å². The summed E-state index contributed by atoms with van der Waals surface area (Å²) in [6.07, 6.45) is 14.5. The number of fused-ring (bicyclic) bond motifs is 3. The molecule has 0 heterocycles. The summed E-state index contributed by atoms with van der Waals surface area (Å²) in [5, 5.41) is 10.4. The van der Waals surface area contributed by atoms with Crippen molar-refractivity contribution >= 4 is 74.4 Å². The van der Waals surface area contributed by atoms with Gasteiger partial charge in [0.2, 0.25) is 0 Å². The zero-order valence-electron chi connectivity index (χ0n) is 30.5. The van der Waals surface area contributed by atoms with Crippen LogP contribution in [0.3, 0.4) is 0 Å². The second kappa shape index (κ2) is 14.2. The van der Waals surface area contributed by atoms with E-state index in [-0.39, 0.29) is 0 Å². The highest BCUT2D eigenvalue weighted by Crippen LogP contribution is 2.47. The maximum atomic E-state index is 5.18. The molecule has 51 heavy (non-hydrogen) atoms. The SMILES string of the molecule is CCCc1ccc2c(S)cc(CCC)c(-c3cc4c5c(c(-c6c7cc(CCC)ccc7c(S)c7ccc(CCC)cc67)ccc5c3)C=CC4)c2c1. The number of aryl methyl sites for hydroxylation is 4. The van der Waals surface area contributed by atoms with Gasteiger partial charge in [0.05, 0.1) is 0 Å². The first kappa shape index (κ1) is 34.1. The second-order valence-corrected chi connectivity index (χ2v) is 15.6. The first-order valence-corrected chi connectivity index (χ1v) is 20.1. The standard InChI is InChI=1S/C49H48S2/c1-5-10-30-16-20-37-42(24-30)47(33(13-8-4)29-45(37)50)36-27-34-14-9-15-38-39(23-19-35(28-36)46(34)38)48-43-25-31(11-6-2)17-21-40(43)49(51)41-22-18-32(12-7-3)26-44(41)48/h9,15-29,50-51H,5-8,10-14H2,1-4H3. The van der Waals surface area contributed by atoms with Gasteiger partial charge < -0.3 is 0 Å². The molecule has 7 aromatic rings. The van der Waals surface area contributed by atoms with E-state index in [0.717, 1.165) is 67.6 Å². The Morgan fingerprint density at radius 3 is 1.69 bits per heavy atom. The summed E-state index contributed by atoms with van der Waals surface area (Å²) in [6.45, 7) is 9.09. The number of hydrogen-bond acceptors (Lipinski definition) is 2. The van der Waals surface area contributed by atoms with Crippen LogP contribution in [0.25, 0.3) is 71.4 Å². The van der Waals surface area contributed by atoms with E-state index in [1.807, 2.05) is 0 Å². The highest BCUT2D eigenvalue weighted by Gasteiger charge is 2.22. The topological polar surface area (TPSA) is 0 Å². The summed E-state index contributed by atoms with van der Waals surface area (Å²) >= 11 is 10.2. The minimum atomic E-state index is 0.936. The smallest absolute Gasteiger partial charge is 0.0198 e. The highest BCUT2D eigenvalue weighted by atomic mass is 32.1. The van der Waals surface area contributed by atoms with Crippen molar-refractivity contribution in [3.05, 3.63) is 124 Å². The van der Waals surface area contributed by atoms with Crippen LogP contribution in [0.4, 0.5) is 0 Å². The van der Waals surface area contributed by atoms with Gasteiger partial charge in [-0.25, -0.2) is 0 Å². The Kier molecular flexibility index (Phi) is 9.51. The van der Waals surface area contributed by atoms with Gasteiger partial charge >= 0.3 is 0 Å². The first-order valence-electron chi connectivity index (χ1n) is 19.2. The van der Waals surface area contributed by atoms with E-state index in [9.17, 15) is 0 Å². The predicted molar refractivity (Wildman–Crippen MR) is 231 cm³/mol. The molecular weight excluding hydrogens is 653 g/mol. The molecule has 0 saturated carbocycles. The summed E-state index contributed by atoms with van der Waals surface area (Å²) in [6, 6.07) is 33.3. The Balaban J connectivity index is 1.42. The van der Waals surface area contributed by atoms with E-state index >= 15 is 0 Å². The molecule has 0 spiro atoms. The zero-order chi connectivity index (χ0) is 35.2. The molecular formula is C49H48S2. The van der Waals surface area contributed by atoms with Gasteiger partial charge in [-0.3, -0.25) is 0 Å². The molecule has 0 radical (unpaired) electrons. The van der Waals surface area contributed by atoms with Gasteiger partial charge in [-0.1, -0.05) is 138 Å². The molecule has 0 fully saturated rings. The molecule has 0 saturated heterocycles. The van der Waals surface area contributed by atoms with E-state index in [0.29, 0.717) is 0 Å². The molecule has 7 aromatic carbocycles. The average Bonchev–Trinajstić information content (AvgIpc) is 3.13. The molecule has 0 amide bonds. The molecule has 1 aliphatic rings. The maximum Gasteiger partial charge on any atom is 0.0198 e. The third-order valence-electron chi connectivity index (χ3n) is 11.0. The molecule has 0 N–H and O–H groups in total. The van der Waals surface area contributed by atoms with Gasteiger partial charge in [0, 0.05) is 9.79 Å². The maximum absolute atomic E-state index is 5.18. The van der Waals surface area contributed by atoms with Crippen molar-refractivity contribution in [1.29, 1.82) is 0 Å². The first-order chi connectivity index (χ1) is 24.9. The lowest BCUT2D eigenvalue weighted by Crippen LogP contribution is -2.00. The van der Waals surface area contributed by atoms with Gasteiger partial charge in [-0.05, 0) is 143 Å². The molecule has 0 nitrogen and oxygen atoms in total. The zero-order valence-corrected chi connectivity index (χ0v) is 32.3. The van der Waals surface area contributed by atoms with Crippen LogP contribution in [-0.2, 0) is 32.1 Å². The van der Waals surface area contributed by atoms with E-state index < -0.39 is 0 Å². The van der Waals surface area contributed by atoms with Crippen LogP contribution >= 0.6 is 25.3 Å². The van der Waals surface area contributed by atoms with Gasteiger partial charge in [-0.15, -0.1) is 25.3 Å². The quantitative estimate of drug-likeness (QED) is 0.103. The summed E-state index contributed by atoms with van der Waals surface area (Å²) in [5.41, 5.74) is 13.7. The Morgan fingerprint density at radius 2 is 1.10 bits per heavy atom. The molecule has 2 heteroatoms. The van der Waals surface area contributed by atoms with Crippen molar-refractivity contribution in [2.45, 2.75) is 95.3 Å². The van der Waals surface area contributed by atoms with Crippen molar-refractivity contribution in [3.8, 4) is 22.3 Å². The van der Waals surface area contributed by atoms with E-state index in [4.69, 9.17) is 25.3 Å². The van der Waals surface area contributed by atoms with Crippen molar-refractivity contribution in [3.63, 3.8) is 0 Å². The van der Waals surface area contributed by atoms with Gasteiger partial charge in [0.25, 0.3) is 0 Å². The third-order valence-corrected chi connectivity index (χ3v) is 11.9. The second-order valence-electron chi connectivity index (χ2n) is 14.7. The summed E-state index contributed by atoms with van der Waals surface area (Å²) < 4.78 is 0. The van der Waals surface area contributed by atoms with Gasteiger partial charge in [0.15, 0.2) is 0 Å². The fourth-order valence-corrected chi connectivity index (χ4v) is 9.56. The average molecular weight is 701 g/mol. The largest absolute Gasteiger partial charge is 0.143 e. The number of allylic oxidation sites excluding steroid dienone is 1. The number of hydrogen-bond donors (Lipinski definition) is 2. The fourth-order valence-electron chi connectivity index (χ4n) is 8.82. The van der Waals surface area contributed by atoms with Crippen LogP contribution < -0.4 is 0 Å². The minimum absolute atomic E-state index is 0.936. The normalized spacial score (nSPS) is 12.6. The fraction of sp³-hybridized carbons (Fsp3) is 0.265. The minimum Gasteiger partial charge on any atom is -0.143 e. The lowest BCUT2D eigenvalue weighted by molar-refractivity contribution is 0.919. The van der Waals surface area contributed by atoms with E-state index in [1.165, 1.54) is 98.7 Å².